The van der Waals surface area contributed by atoms with Crippen LogP contribution < -0.4 is 5.32 Å². The number of alkyl carbamates (subject to hydrolysis) is 1. The monoisotopic (exact) mass is 279 g/mol. The van der Waals surface area contributed by atoms with Gasteiger partial charge < -0.3 is 19.9 Å². The van der Waals surface area contributed by atoms with Crippen molar-refractivity contribution in [2.75, 3.05) is 13.2 Å². The number of carbonyl (C=O) groups is 2. The van der Waals surface area contributed by atoms with Crippen LogP contribution in [-0.4, -0.2) is 35.9 Å². The van der Waals surface area contributed by atoms with Crippen LogP contribution in [0, 0.1) is 5.92 Å². The number of carboxylic acids is 1. The summed E-state index contributed by atoms with van der Waals surface area (Å²) in [6.45, 7) is 2.05. The molecule has 6 heteroatoms. The number of rotatable bonds is 5. The zero-order chi connectivity index (χ0) is 14.6. The summed E-state index contributed by atoms with van der Waals surface area (Å²) in [5.41, 5.74) is -0.00702. The summed E-state index contributed by atoms with van der Waals surface area (Å²) in [5.74, 6) is -1.71. The lowest BCUT2D eigenvalue weighted by Gasteiger charge is -2.44. The molecule has 1 aromatic carbocycles. The van der Waals surface area contributed by atoms with Gasteiger partial charge in [-0.15, -0.1) is 0 Å². The molecule has 2 N–H and O–H groups in total. The van der Waals surface area contributed by atoms with Crippen molar-refractivity contribution in [3.8, 4) is 0 Å². The molecule has 6 nitrogen and oxygen atoms in total. The van der Waals surface area contributed by atoms with Crippen LogP contribution in [0.25, 0.3) is 0 Å². The molecule has 1 amide bonds. The Morgan fingerprint density at radius 2 is 2.05 bits per heavy atom. The molecule has 1 atom stereocenters. The largest absolute Gasteiger partial charge is 0.481 e. The van der Waals surface area contributed by atoms with Gasteiger partial charge in [-0.2, -0.15) is 0 Å². The van der Waals surface area contributed by atoms with E-state index < -0.39 is 23.5 Å². The number of hydrogen-bond donors (Lipinski definition) is 2. The van der Waals surface area contributed by atoms with Crippen LogP contribution in [0.2, 0.25) is 0 Å². The number of benzene rings is 1. The van der Waals surface area contributed by atoms with E-state index in [1.165, 1.54) is 0 Å². The smallest absolute Gasteiger partial charge is 0.408 e. The Hall–Kier alpha value is -2.08. The number of carbonyl (C=O) groups excluding carboxylic acids is 1. The van der Waals surface area contributed by atoms with Gasteiger partial charge in [0.1, 0.15) is 12.1 Å². The van der Waals surface area contributed by atoms with E-state index in [1.54, 1.807) is 6.92 Å². The van der Waals surface area contributed by atoms with Crippen LogP contribution in [0.1, 0.15) is 12.5 Å². The Morgan fingerprint density at radius 1 is 1.40 bits per heavy atom. The molecule has 1 fully saturated rings. The lowest BCUT2D eigenvalue weighted by atomic mass is 9.83. The van der Waals surface area contributed by atoms with Crippen molar-refractivity contribution in [3.63, 3.8) is 0 Å². The second-order valence-electron chi connectivity index (χ2n) is 4.90. The zero-order valence-electron chi connectivity index (χ0n) is 11.2. The summed E-state index contributed by atoms with van der Waals surface area (Å²) >= 11 is 0. The van der Waals surface area contributed by atoms with Crippen molar-refractivity contribution in [1.29, 1.82) is 0 Å². The number of hydrogen-bond acceptors (Lipinski definition) is 4. The maximum Gasteiger partial charge on any atom is 0.408 e. The maximum absolute atomic E-state index is 11.8. The van der Waals surface area contributed by atoms with Crippen molar-refractivity contribution in [1.82, 2.24) is 5.32 Å². The van der Waals surface area contributed by atoms with Crippen LogP contribution in [0.4, 0.5) is 4.79 Å². The van der Waals surface area contributed by atoms with E-state index in [0.29, 0.717) is 0 Å². The Balaban J connectivity index is 1.88. The van der Waals surface area contributed by atoms with Gasteiger partial charge in [0.25, 0.3) is 0 Å². The minimum atomic E-state index is -0.975. The summed E-state index contributed by atoms with van der Waals surface area (Å²) in [6, 6.07) is 9.26. The zero-order valence-corrected chi connectivity index (χ0v) is 11.2. The van der Waals surface area contributed by atoms with E-state index >= 15 is 0 Å². The van der Waals surface area contributed by atoms with Gasteiger partial charge >= 0.3 is 12.1 Å². The lowest BCUT2D eigenvalue weighted by Crippen LogP contribution is -2.67. The first-order chi connectivity index (χ1) is 9.53. The lowest BCUT2D eigenvalue weighted by molar-refractivity contribution is -0.156. The van der Waals surface area contributed by atoms with Gasteiger partial charge in [-0.1, -0.05) is 30.3 Å². The van der Waals surface area contributed by atoms with Gasteiger partial charge in [0.2, 0.25) is 0 Å². The fourth-order valence-electron chi connectivity index (χ4n) is 1.95. The van der Waals surface area contributed by atoms with Crippen molar-refractivity contribution < 1.29 is 24.2 Å². The number of amides is 1. The highest BCUT2D eigenvalue weighted by atomic mass is 16.6. The van der Waals surface area contributed by atoms with E-state index in [0.717, 1.165) is 5.56 Å². The molecule has 1 aromatic rings. The Kier molecular flexibility index (Phi) is 4.24. The fraction of sp³-hybridized carbons (Fsp3) is 0.429. The molecule has 1 aliphatic heterocycles. The first kappa shape index (κ1) is 14.3. The van der Waals surface area contributed by atoms with Gasteiger partial charge in [-0.05, 0) is 12.5 Å². The second-order valence-corrected chi connectivity index (χ2v) is 4.90. The molecule has 0 radical (unpaired) electrons. The maximum atomic E-state index is 11.8. The van der Waals surface area contributed by atoms with Crippen LogP contribution in [0.3, 0.4) is 0 Å². The first-order valence-corrected chi connectivity index (χ1v) is 6.33. The minimum Gasteiger partial charge on any atom is -0.481 e. The number of carboxylic acid groups (broad SMARTS) is 1. The van der Waals surface area contributed by atoms with Crippen LogP contribution in [0.15, 0.2) is 30.3 Å². The quantitative estimate of drug-likeness (QED) is 0.851. The molecular formula is C14H17NO5. The third kappa shape index (κ3) is 3.08. The Bertz CT molecular complexity index is 484. The van der Waals surface area contributed by atoms with Gasteiger partial charge in [0.05, 0.1) is 19.1 Å². The third-order valence-electron chi connectivity index (χ3n) is 3.48. The van der Waals surface area contributed by atoms with Gasteiger partial charge in [-0.3, -0.25) is 4.79 Å². The molecule has 0 saturated carbocycles. The summed E-state index contributed by atoms with van der Waals surface area (Å²) in [7, 11) is 0. The molecule has 0 unspecified atom stereocenters. The summed E-state index contributed by atoms with van der Waals surface area (Å²) in [5, 5.41) is 11.7. The van der Waals surface area contributed by atoms with Crippen molar-refractivity contribution in [2.24, 2.45) is 5.92 Å². The first-order valence-electron chi connectivity index (χ1n) is 6.33. The molecule has 20 heavy (non-hydrogen) atoms. The SMILES string of the molecule is C[C@H](C(=O)O)C1(NC(=O)OCc2ccccc2)COC1. The van der Waals surface area contributed by atoms with E-state index in [-0.39, 0.29) is 19.8 Å². The van der Waals surface area contributed by atoms with Gasteiger partial charge in [0, 0.05) is 0 Å². The predicted molar refractivity (Wildman–Crippen MR) is 70.1 cm³/mol. The Labute approximate surface area is 116 Å². The third-order valence-corrected chi connectivity index (χ3v) is 3.48. The van der Waals surface area contributed by atoms with Crippen LogP contribution >= 0.6 is 0 Å². The predicted octanol–water partition coefficient (Wildman–Crippen LogP) is 1.40. The highest BCUT2D eigenvalue weighted by molar-refractivity contribution is 5.75. The molecule has 2 rings (SSSR count). The highest BCUT2D eigenvalue weighted by Crippen LogP contribution is 2.26. The van der Waals surface area contributed by atoms with E-state index in [1.807, 2.05) is 30.3 Å². The fourth-order valence-corrected chi connectivity index (χ4v) is 1.95. The van der Waals surface area contributed by atoms with Gasteiger partial charge in [-0.25, -0.2) is 4.79 Å². The normalized spacial score (nSPS) is 17.6. The van der Waals surface area contributed by atoms with Crippen molar-refractivity contribution in [2.45, 2.75) is 19.1 Å². The summed E-state index contributed by atoms with van der Waals surface area (Å²) < 4.78 is 10.1. The second kappa shape index (κ2) is 5.92. The summed E-state index contributed by atoms with van der Waals surface area (Å²) in [4.78, 5) is 22.8. The molecular weight excluding hydrogens is 262 g/mol. The van der Waals surface area contributed by atoms with Gasteiger partial charge in [0.15, 0.2) is 0 Å². The van der Waals surface area contributed by atoms with Crippen molar-refractivity contribution in [3.05, 3.63) is 35.9 Å². The highest BCUT2D eigenvalue weighted by Gasteiger charge is 2.48. The number of nitrogens with one attached hydrogen (secondary N) is 1. The summed E-state index contributed by atoms with van der Waals surface area (Å²) in [6.07, 6.45) is -0.634. The average molecular weight is 279 g/mol. The standard InChI is InChI=1S/C14H17NO5/c1-10(12(16)17)14(8-19-9-14)15-13(18)20-7-11-5-3-2-4-6-11/h2-6,10H,7-9H2,1H3,(H,15,18)(H,16,17)/t10-/m1/s1. The van der Waals surface area contributed by atoms with Crippen LogP contribution in [-0.2, 0) is 20.9 Å². The molecule has 1 heterocycles. The molecule has 1 aliphatic rings. The van der Waals surface area contributed by atoms with E-state index in [9.17, 15) is 9.59 Å². The molecule has 1 saturated heterocycles. The van der Waals surface area contributed by atoms with E-state index in [2.05, 4.69) is 5.32 Å². The molecule has 0 bridgehead atoms. The average Bonchev–Trinajstić information content (AvgIpc) is 2.41. The molecule has 0 aromatic heterocycles. The molecule has 108 valence electrons. The molecule has 0 aliphatic carbocycles. The van der Waals surface area contributed by atoms with Crippen molar-refractivity contribution >= 4 is 12.1 Å². The molecule has 0 spiro atoms. The van der Waals surface area contributed by atoms with E-state index in [4.69, 9.17) is 14.6 Å². The Morgan fingerprint density at radius 3 is 2.55 bits per heavy atom. The topological polar surface area (TPSA) is 84.9 Å². The van der Waals surface area contributed by atoms with Crippen LogP contribution in [0.5, 0.6) is 0 Å². The number of ether oxygens (including phenoxy) is 2. The number of aliphatic carboxylic acids is 1. The minimum absolute atomic E-state index is 0.144.